The number of thiazole rings is 2. The molecule has 0 saturated carbocycles. The number of nitrogens with one attached hydrogen (secondary N) is 2. The van der Waals surface area contributed by atoms with Gasteiger partial charge < -0.3 is 9.80 Å². The molecule has 310 valence electrons. The molecule has 4 heterocycles. The van der Waals surface area contributed by atoms with E-state index in [0.29, 0.717) is 24.2 Å². The second-order valence-electron chi connectivity index (χ2n) is 15.1. The van der Waals surface area contributed by atoms with Crippen molar-refractivity contribution in [1.29, 1.82) is 0 Å². The Labute approximate surface area is 358 Å². The van der Waals surface area contributed by atoms with Gasteiger partial charge in [0.2, 0.25) is 31.9 Å². The van der Waals surface area contributed by atoms with Gasteiger partial charge in [-0.05, 0) is 59.1 Å². The van der Waals surface area contributed by atoms with Crippen molar-refractivity contribution in [3.8, 4) is 32.0 Å². The predicted octanol–water partition coefficient (Wildman–Crippen LogP) is 7.51. The summed E-state index contributed by atoms with van der Waals surface area (Å²) in [6.07, 6.45) is 8.89. The lowest BCUT2D eigenvalue weighted by atomic mass is 10.0. The molecule has 16 heteroatoms. The van der Waals surface area contributed by atoms with Crippen molar-refractivity contribution >= 4 is 54.5 Å². The Morgan fingerprint density at radius 3 is 1.27 bits per heavy atom. The minimum atomic E-state index is -3.66. The molecule has 0 bridgehead atoms. The molecular formula is C44H44N6O6S4. The van der Waals surface area contributed by atoms with Gasteiger partial charge in [0.05, 0.1) is 34.3 Å². The van der Waals surface area contributed by atoms with Crippen molar-refractivity contribution in [3.05, 3.63) is 143 Å². The molecular weight excluding hydrogens is 837 g/mol. The van der Waals surface area contributed by atoms with Crippen molar-refractivity contribution in [3.63, 3.8) is 0 Å². The number of carbonyl (C=O) groups excluding carboxylic acids is 2. The lowest BCUT2D eigenvalue weighted by Gasteiger charge is -2.28. The molecule has 12 nitrogen and oxygen atoms in total. The number of amides is 2. The van der Waals surface area contributed by atoms with E-state index >= 15 is 0 Å². The van der Waals surface area contributed by atoms with Crippen LogP contribution >= 0.6 is 22.7 Å². The zero-order valence-corrected chi connectivity index (χ0v) is 36.2. The largest absolute Gasteiger partial charge is 0.332 e. The van der Waals surface area contributed by atoms with Crippen LogP contribution < -0.4 is 9.44 Å². The molecule has 8 rings (SSSR count). The van der Waals surface area contributed by atoms with Crippen molar-refractivity contribution in [2.24, 2.45) is 0 Å². The van der Waals surface area contributed by atoms with Gasteiger partial charge in [0.1, 0.15) is 22.1 Å². The van der Waals surface area contributed by atoms with E-state index < -0.39 is 32.1 Å². The number of carbonyl (C=O) groups is 2. The monoisotopic (exact) mass is 880 g/mol. The Balaban J connectivity index is 0.935. The lowest BCUT2D eigenvalue weighted by molar-refractivity contribution is -0.134. The zero-order chi connectivity index (χ0) is 42.0. The summed E-state index contributed by atoms with van der Waals surface area (Å²) in [4.78, 5) is 42.7. The third-order valence-electron chi connectivity index (χ3n) is 10.8. The summed E-state index contributed by atoms with van der Waals surface area (Å²) in [7, 11) is -7.31. The summed E-state index contributed by atoms with van der Waals surface area (Å²) < 4.78 is 54.1. The minimum Gasteiger partial charge on any atom is -0.332 e. The number of likely N-dealkylation sites (tertiary alicyclic amines) is 2. The highest BCUT2D eigenvalue weighted by Gasteiger charge is 2.39. The smallest absolute Gasteiger partial charge is 0.245 e. The quantitative estimate of drug-likeness (QED) is 0.121. The SMILES string of the molecule is CS(=O)(=O)N[C@H](C(=O)N1CCC[C@H]1c1ncc(-c2ccc(-c3ccc(-c4cnc([C@@H]5CCCN5C(=O)[C@H](NS(C)(=O)=O)c5ccccc5)s4)cc3)cc2)s1)c1ccccc1. The van der Waals surface area contributed by atoms with Crippen LogP contribution in [0.3, 0.4) is 0 Å². The topological polar surface area (TPSA) is 159 Å². The Bertz CT molecular complexity index is 2500. The van der Waals surface area contributed by atoms with Gasteiger partial charge in [0.25, 0.3) is 0 Å². The van der Waals surface area contributed by atoms with Crippen LogP contribution in [0, 0.1) is 0 Å². The average molecular weight is 881 g/mol. The highest BCUT2D eigenvalue weighted by atomic mass is 32.2. The molecule has 0 aliphatic carbocycles. The molecule has 4 atom stereocenters. The first kappa shape index (κ1) is 41.6. The molecule has 2 aliphatic heterocycles. The van der Waals surface area contributed by atoms with Gasteiger partial charge in [-0.3, -0.25) is 9.59 Å². The first-order valence-corrected chi connectivity index (χ1v) is 25.0. The van der Waals surface area contributed by atoms with Crippen LogP contribution in [0.4, 0.5) is 0 Å². The Morgan fingerprint density at radius 1 is 0.567 bits per heavy atom. The van der Waals surface area contributed by atoms with E-state index in [1.807, 2.05) is 24.5 Å². The van der Waals surface area contributed by atoms with Crippen LogP contribution in [0.5, 0.6) is 0 Å². The normalized spacial score (nSPS) is 18.1. The fraction of sp³-hybridized carbons (Fsp3) is 0.273. The maximum atomic E-state index is 13.9. The van der Waals surface area contributed by atoms with Gasteiger partial charge >= 0.3 is 0 Å². The van der Waals surface area contributed by atoms with Gasteiger partial charge in [-0.15, -0.1) is 22.7 Å². The molecule has 2 aliphatic rings. The molecule has 0 unspecified atom stereocenters. The van der Waals surface area contributed by atoms with Crippen LogP contribution in [0.2, 0.25) is 0 Å². The molecule has 4 aromatic carbocycles. The summed E-state index contributed by atoms with van der Waals surface area (Å²) in [5, 5.41) is 1.64. The molecule has 0 radical (unpaired) electrons. The van der Waals surface area contributed by atoms with Crippen LogP contribution in [-0.2, 0) is 29.6 Å². The van der Waals surface area contributed by atoms with E-state index in [1.165, 1.54) is 0 Å². The van der Waals surface area contributed by atoms with Crippen molar-refractivity contribution in [1.82, 2.24) is 29.2 Å². The molecule has 2 amide bonds. The molecule has 2 fully saturated rings. The zero-order valence-electron chi connectivity index (χ0n) is 33.0. The maximum Gasteiger partial charge on any atom is 0.245 e. The van der Waals surface area contributed by atoms with Gasteiger partial charge in [-0.1, -0.05) is 109 Å². The number of rotatable bonds is 13. The Hall–Kier alpha value is -5.10. The van der Waals surface area contributed by atoms with Crippen molar-refractivity contribution in [2.75, 3.05) is 25.6 Å². The fourth-order valence-corrected chi connectivity index (χ4v) is 11.4. The number of nitrogens with zero attached hydrogens (tertiary/aromatic N) is 4. The molecule has 60 heavy (non-hydrogen) atoms. The van der Waals surface area contributed by atoms with Crippen LogP contribution in [0.15, 0.2) is 122 Å². The van der Waals surface area contributed by atoms with Gasteiger partial charge in [-0.25, -0.2) is 26.8 Å². The molecule has 6 aromatic rings. The van der Waals surface area contributed by atoms with Crippen LogP contribution in [-0.4, -0.2) is 74.0 Å². The van der Waals surface area contributed by atoms with Crippen molar-refractivity contribution < 1.29 is 26.4 Å². The number of benzene rings is 4. The first-order valence-electron chi connectivity index (χ1n) is 19.6. The van der Waals surface area contributed by atoms with E-state index in [2.05, 4.69) is 58.0 Å². The molecule has 2 aromatic heterocycles. The number of aromatic nitrogens is 2. The van der Waals surface area contributed by atoms with E-state index in [4.69, 9.17) is 9.97 Å². The molecule has 0 spiro atoms. The second kappa shape index (κ2) is 17.5. The highest BCUT2D eigenvalue weighted by molar-refractivity contribution is 7.89. The van der Waals surface area contributed by atoms with E-state index in [0.717, 1.165) is 80.2 Å². The minimum absolute atomic E-state index is 0.243. The van der Waals surface area contributed by atoms with Gasteiger partial charge in [0, 0.05) is 25.5 Å². The van der Waals surface area contributed by atoms with Gasteiger partial charge in [-0.2, -0.15) is 9.44 Å². The average Bonchev–Trinajstić information content (AvgIpc) is 4.09. The lowest BCUT2D eigenvalue weighted by Crippen LogP contribution is -2.42. The predicted molar refractivity (Wildman–Crippen MR) is 236 cm³/mol. The second-order valence-corrected chi connectivity index (χ2v) is 20.8. The Morgan fingerprint density at radius 2 is 0.917 bits per heavy atom. The fourth-order valence-electron chi connectivity index (χ4n) is 7.95. The summed E-state index contributed by atoms with van der Waals surface area (Å²) >= 11 is 3.09. The summed E-state index contributed by atoms with van der Waals surface area (Å²) in [6, 6.07) is 31.9. The van der Waals surface area contributed by atoms with Crippen LogP contribution in [0.25, 0.3) is 32.0 Å². The van der Waals surface area contributed by atoms with E-state index in [1.54, 1.807) is 81.0 Å². The van der Waals surface area contributed by atoms with Crippen LogP contribution in [0.1, 0.15) is 71.0 Å². The van der Waals surface area contributed by atoms with Gasteiger partial charge in [0.15, 0.2) is 0 Å². The van der Waals surface area contributed by atoms with Crippen molar-refractivity contribution in [2.45, 2.75) is 49.9 Å². The highest BCUT2D eigenvalue weighted by Crippen LogP contribution is 2.41. The maximum absolute atomic E-state index is 13.9. The Kier molecular flexibility index (Phi) is 12.1. The molecule has 2 N–H and O–H groups in total. The summed E-state index contributed by atoms with van der Waals surface area (Å²) in [5.41, 5.74) is 5.30. The number of sulfonamides is 2. The third-order valence-corrected chi connectivity index (χ3v) is 14.4. The first-order chi connectivity index (χ1) is 28.8. The summed E-state index contributed by atoms with van der Waals surface area (Å²) in [6.45, 7) is 1.04. The summed E-state index contributed by atoms with van der Waals surface area (Å²) in [5.74, 6) is -0.578. The number of hydrogen-bond donors (Lipinski definition) is 2. The molecule has 2 saturated heterocycles. The van der Waals surface area contributed by atoms with E-state index in [-0.39, 0.29) is 23.9 Å². The van der Waals surface area contributed by atoms with E-state index in [9.17, 15) is 26.4 Å². The number of hydrogen-bond acceptors (Lipinski definition) is 10. The third kappa shape index (κ3) is 9.43. The standard InChI is InChI=1S/C44H44N6O6S4/c1-59(53,54)47-39(33-11-5-3-6-12-33)43(51)49-25-9-15-35(49)41-45-27-37(57-41)31-21-17-29(18-22-31)30-19-23-32(24-20-30)38-28-46-42(58-38)36-16-10-26-50(36)44(52)40(48-60(2,55)56)34-13-7-4-8-14-34/h3-8,11-14,17-24,27-28,35-36,39-40,47-48H,9-10,15-16,25-26H2,1-2H3/t35-,36-,39-,40+/m0/s1.